The number of benzene rings is 3. The third-order valence-electron chi connectivity index (χ3n) is 3.91. The number of carbonyl (C=O) groups excluding carboxylic acids is 1. The molecule has 0 saturated heterocycles. The number of nitrogens with one attached hydrogen (secondary N) is 1. The second kappa shape index (κ2) is 9.40. The first-order valence-corrected chi connectivity index (χ1v) is 8.98. The zero-order valence-corrected chi connectivity index (χ0v) is 15.7. The monoisotopic (exact) mass is 388 g/mol. The quantitative estimate of drug-likeness (QED) is 0.450. The molecule has 3 aromatic carbocycles. The second-order valence-electron chi connectivity index (χ2n) is 5.95. The van der Waals surface area contributed by atoms with Crippen molar-refractivity contribution in [2.24, 2.45) is 0 Å². The van der Waals surface area contributed by atoms with Crippen LogP contribution in [0.5, 0.6) is 5.75 Å². The van der Waals surface area contributed by atoms with Crippen molar-refractivity contribution in [2.75, 3.05) is 5.32 Å². The summed E-state index contributed by atoms with van der Waals surface area (Å²) in [5.41, 5.74) is 2.13. The van der Waals surface area contributed by atoms with Crippen molar-refractivity contribution >= 4 is 29.3 Å². The van der Waals surface area contributed by atoms with Gasteiger partial charge in [0.1, 0.15) is 24.0 Å². The zero-order valence-electron chi connectivity index (χ0n) is 14.9. The average Bonchev–Trinajstić information content (AvgIpc) is 2.72. The van der Waals surface area contributed by atoms with Crippen LogP contribution in [-0.4, -0.2) is 5.91 Å². The van der Waals surface area contributed by atoms with Crippen molar-refractivity contribution in [1.82, 2.24) is 0 Å². The van der Waals surface area contributed by atoms with Gasteiger partial charge in [-0.1, -0.05) is 60.1 Å². The van der Waals surface area contributed by atoms with Crippen LogP contribution in [0, 0.1) is 11.3 Å². The standard InChI is InChI=1S/C23H17ClN2O2/c24-20-11-12-22(28-16-17-7-3-1-4-8-17)18(14-20)13-19(15-25)23(27)26-21-9-5-2-6-10-21/h1-14H,16H2,(H,26,27)/b19-13+. The lowest BCUT2D eigenvalue weighted by Crippen LogP contribution is -2.13. The number of nitriles is 1. The van der Waals surface area contributed by atoms with Crippen molar-refractivity contribution in [3.8, 4) is 11.8 Å². The summed E-state index contributed by atoms with van der Waals surface area (Å²) in [6.07, 6.45) is 1.48. The van der Waals surface area contributed by atoms with E-state index in [9.17, 15) is 10.1 Å². The van der Waals surface area contributed by atoms with Crippen molar-refractivity contribution < 1.29 is 9.53 Å². The van der Waals surface area contributed by atoms with E-state index in [1.54, 1.807) is 42.5 Å². The topological polar surface area (TPSA) is 62.1 Å². The Labute approximate surface area is 168 Å². The predicted molar refractivity (Wildman–Crippen MR) is 111 cm³/mol. The third-order valence-corrected chi connectivity index (χ3v) is 4.14. The normalized spacial score (nSPS) is 10.8. The highest BCUT2D eigenvalue weighted by molar-refractivity contribution is 6.30. The lowest BCUT2D eigenvalue weighted by molar-refractivity contribution is -0.112. The van der Waals surface area contributed by atoms with Gasteiger partial charge in [-0.2, -0.15) is 5.26 Å². The minimum absolute atomic E-state index is 0.0457. The molecular formula is C23H17ClN2O2. The molecule has 3 rings (SSSR count). The number of ether oxygens (including phenoxy) is 1. The molecule has 0 aliphatic carbocycles. The average molecular weight is 389 g/mol. The number of para-hydroxylation sites is 1. The number of carbonyl (C=O) groups is 1. The van der Waals surface area contributed by atoms with Gasteiger partial charge in [0, 0.05) is 16.3 Å². The fourth-order valence-electron chi connectivity index (χ4n) is 2.52. The number of anilines is 1. The molecule has 0 aliphatic rings. The predicted octanol–water partition coefficient (Wildman–Crippen LogP) is 5.46. The van der Waals surface area contributed by atoms with Crippen molar-refractivity contribution in [1.29, 1.82) is 5.26 Å². The van der Waals surface area contributed by atoms with Crippen LogP contribution in [0.1, 0.15) is 11.1 Å². The fourth-order valence-corrected chi connectivity index (χ4v) is 2.70. The number of nitrogens with zero attached hydrogens (tertiary/aromatic N) is 1. The molecule has 4 nitrogen and oxygen atoms in total. The molecule has 0 saturated carbocycles. The molecule has 0 aromatic heterocycles. The maximum atomic E-state index is 12.4. The first-order valence-electron chi connectivity index (χ1n) is 8.60. The molecule has 0 spiro atoms. The van der Waals surface area contributed by atoms with Crippen LogP contribution in [0.2, 0.25) is 5.02 Å². The molecule has 1 N–H and O–H groups in total. The van der Waals surface area contributed by atoms with E-state index in [0.717, 1.165) is 5.56 Å². The first kappa shape index (κ1) is 19.2. The highest BCUT2D eigenvalue weighted by atomic mass is 35.5. The lowest BCUT2D eigenvalue weighted by Gasteiger charge is -2.10. The summed E-state index contributed by atoms with van der Waals surface area (Å²) in [7, 11) is 0. The highest BCUT2D eigenvalue weighted by Crippen LogP contribution is 2.26. The van der Waals surface area contributed by atoms with Gasteiger partial charge in [0.15, 0.2) is 0 Å². The summed E-state index contributed by atoms with van der Waals surface area (Å²) in [4.78, 5) is 12.4. The van der Waals surface area contributed by atoms with E-state index in [0.29, 0.717) is 28.6 Å². The van der Waals surface area contributed by atoms with Crippen molar-refractivity contribution in [3.05, 3.63) is 101 Å². The Morgan fingerprint density at radius 3 is 2.39 bits per heavy atom. The molecule has 0 fully saturated rings. The maximum Gasteiger partial charge on any atom is 0.266 e. The molecule has 0 aliphatic heterocycles. The Balaban J connectivity index is 1.83. The summed E-state index contributed by atoms with van der Waals surface area (Å²) in [5.74, 6) is 0.0381. The van der Waals surface area contributed by atoms with E-state index < -0.39 is 5.91 Å². The zero-order chi connectivity index (χ0) is 19.8. The molecule has 0 unspecified atom stereocenters. The summed E-state index contributed by atoms with van der Waals surface area (Å²) in [6, 6.07) is 25.7. The number of halogens is 1. The summed E-state index contributed by atoms with van der Waals surface area (Å²) in [6.45, 7) is 0.363. The number of hydrogen-bond acceptors (Lipinski definition) is 3. The number of rotatable bonds is 6. The molecule has 5 heteroatoms. The minimum Gasteiger partial charge on any atom is -0.488 e. The highest BCUT2D eigenvalue weighted by Gasteiger charge is 2.12. The van der Waals surface area contributed by atoms with Crippen LogP contribution < -0.4 is 10.1 Å². The maximum absolute atomic E-state index is 12.4. The van der Waals surface area contributed by atoms with Crippen LogP contribution in [0.25, 0.3) is 6.08 Å². The van der Waals surface area contributed by atoms with Crippen LogP contribution in [0.4, 0.5) is 5.69 Å². The van der Waals surface area contributed by atoms with Gasteiger partial charge in [-0.3, -0.25) is 4.79 Å². The molecule has 1 amide bonds. The first-order chi connectivity index (χ1) is 13.7. The molecule has 0 bridgehead atoms. The van der Waals surface area contributed by atoms with E-state index in [2.05, 4.69) is 5.32 Å². The molecular weight excluding hydrogens is 372 g/mol. The Hall–Kier alpha value is -3.55. The molecule has 0 heterocycles. The fraction of sp³-hybridized carbons (Fsp3) is 0.0435. The minimum atomic E-state index is -0.498. The summed E-state index contributed by atoms with van der Waals surface area (Å²) in [5, 5.41) is 12.6. The van der Waals surface area contributed by atoms with Crippen LogP contribution in [-0.2, 0) is 11.4 Å². The molecule has 3 aromatic rings. The third kappa shape index (κ3) is 5.23. The van der Waals surface area contributed by atoms with Gasteiger partial charge in [-0.05, 0) is 42.0 Å². The number of hydrogen-bond donors (Lipinski definition) is 1. The van der Waals surface area contributed by atoms with Gasteiger partial charge in [-0.25, -0.2) is 0 Å². The van der Waals surface area contributed by atoms with Crippen LogP contribution in [0.15, 0.2) is 84.4 Å². The van der Waals surface area contributed by atoms with Crippen molar-refractivity contribution in [3.63, 3.8) is 0 Å². The van der Waals surface area contributed by atoms with E-state index in [1.807, 2.05) is 42.5 Å². The van der Waals surface area contributed by atoms with Gasteiger partial charge in [0.05, 0.1) is 0 Å². The lowest BCUT2D eigenvalue weighted by atomic mass is 10.1. The SMILES string of the molecule is N#C/C(=C\c1cc(Cl)ccc1OCc1ccccc1)C(=O)Nc1ccccc1. The van der Waals surface area contributed by atoms with E-state index >= 15 is 0 Å². The Morgan fingerprint density at radius 1 is 1.04 bits per heavy atom. The van der Waals surface area contributed by atoms with Gasteiger partial charge < -0.3 is 10.1 Å². The van der Waals surface area contributed by atoms with Gasteiger partial charge in [0.2, 0.25) is 0 Å². The van der Waals surface area contributed by atoms with Gasteiger partial charge >= 0.3 is 0 Å². The van der Waals surface area contributed by atoms with Gasteiger partial charge in [0.25, 0.3) is 5.91 Å². The van der Waals surface area contributed by atoms with E-state index in [4.69, 9.17) is 16.3 Å². The summed E-state index contributed by atoms with van der Waals surface area (Å²) >= 11 is 6.10. The molecule has 138 valence electrons. The second-order valence-corrected chi connectivity index (χ2v) is 6.38. The number of amides is 1. The van der Waals surface area contributed by atoms with Crippen LogP contribution >= 0.6 is 11.6 Å². The van der Waals surface area contributed by atoms with E-state index in [1.165, 1.54) is 6.08 Å². The molecule has 0 atom stereocenters. The summed E-state index contributed by atoms with van der Waals surface area (Å²) < 4.78 is 5.88. The Morgan fingerprint density at radius 2 is 1.71 bits per heavy atom. The van der Waals surface area contributed by atoms with Gasteiger partial charge in [-0.15, -0.1) is 0 Å². The molecule has 0 radical (unpaired) electrons. The van der Waals surface area contributed by atoms with Crippen molar-refractivity contribution in [2.45, 2.75) is 6.61 Å². The Bertz CT molecular complexity index is 1030. The largest absolute Gasteiger partial charge is 0.488 e. The molecule has 28 heavy (non-hydrogen) atoms. The van der Waals surface area contributed by atoms with E-state index in [-0.39, 0.29) is 5.57 Å². The smallest absolute Gasteiger partial charge is 0.266 e. The van der Waals surface area contributed by atoms with Crippen LogP contribution in [0.3, 0.4) is 0 Å². The Kier molecular flexibility index (Phi) is 6.46.